The van der Waals surface area contributed by atoms with Crippen LogP contribution in [-0.4, -0.2) is 13.1 Å². The standard InChI is InChI=1S/C46H74N2/c1-6-10-12-20-37(8-3)38-26-28-39(29-27-38)44-32-31-43(45-21-15-16-22-46(44)45)35(5)23-25-41(40(33-47)17-7-2)34-48-42(9-4)30-24-36-18-13-11-14-19-36/h7,9,17,20,23,25,28,36,38,43-46,48H,2,6,8,10-16,18-19,21-22,24,26-27,29-34,47H2,1,3-5H3/b35-23+,37-20+,40-17+,41-25+,42-9+. The van der Waals surface area contributed by atoms with Gasteiger partial charge in [-0.25, -0.2) is 0 Å². The molecule has 3 saturated carbocycles. The highest BCUT2D eigenvalue weighted by molar-refractivity contribution is 5.39. The summed E-state index contributed by atoms with van der Waals surface area (Å²) in [6, 6.07) is 0. The Kier molecular flexibility index (Phi) is 17.1. The Labute approximate surface area is 297 Å². The summed E-state index contributed by atoms with van der Waals surface area (Å²) in [6.45, 7) is 14.7. The van der Waals surface area contributed by atoms with Gasteiger partial charge < -0.3 is 11.1 Å². The Hall–Kier alpha value is -2.06. The lowest BCUT2D eigenvalue weighted by Crippen LogP contribution is -2.38. The third-order valence-electron chi connectivity index (χ3n) is 13.0. The fraction of sp³-hybridized carbons (Fsp3) is 0.696. The second-order valence-electron chi connectivity index (χ2n) is 15.9. The number of allylic oxidation sites excluding steroid dienone is 11. The molecule has 268 valence electrons. The molecular formula is C46H74N2. The number of fused-ring (bicyclic) bond motifs is 1. The summed E-state index contributed by atoms with van der Waals surface area (Å²) in [7, 11) is 0. The summed E-state index contributed by atoms with van der Waals surface area (Å²) in [5.74, 6) is 4.97. The van der Waals surface area contributed by atoms with E-state index >= 15 is 0 Å². The molecule has 3 fully saturated rings. The first-order chi connectivity index (χ1) is 23.5. The van der Waals surface area contributed by atoms with E-state index < -0.39 is 0 Å². The van der Waals surface area contributed by atoms with Crippen LogP contribution in [0.2, 0.25) is 0 Å². The van der Waals surface area contributed by atoms with Gasteiger partial charge in [0.25, 0.3) is 0 Å². The zero-order valence-electron chi connectivity index (χ0n) is 31.8. The number of hydrogen-bond acceptors (Lipinski definition) is 2. The summed E-state index contributed by atoms with van der Waals surface area (Å²) >= 11 is 0. The highest BCUT2D eigenvalue weighted by Crippen LogP contribution is 2.52. The van der Waals surface area contributed by atoms with E-state index in [2.05, 4.69) is 76.0 Å². The molecule has 0 spiro atoms. The number of nitrogens with two attached hydrogens (primary N) is 1. The maximum absolute atomic E-state index is 6.31. The largest absolute Gasteiger partial charge is 0.385 e. The molecule has 5 atom stereocenters. The first-order valence-corrected chi connectivity index (χ1v) is 20.7. The first-order valence-electron chi connectivity index (χ1n) is 20.7. The van der Waals surface area contributed by atoms with Gasteiger partial charge in [-0.3, -0.25) is 0 Å². The fourth-order valence-corrected chi connectivity index (χ4v) is 10.1. The fourth-order valence-electron chi connectivity index (χ4n) is 10.1. The molecule has 0 radical (unpaired) electrons. The molecule has 48 heavy (non-hydrogen) atoms. The van der Waals surface area contributed by atoms with Gasteiger partial charge in [0, 0.05) is 18.8 Å². The minimum Gasteiger partial charge on any atom is -0.385 e. The SMILES string of the molecule is C=C/C=C(CN)/C(=C/C=C(\C)C1CCC(C2=CCC(/C(=C/CCCC)CC)CC2)C2CCCCC12)CN/C(=C/C)CCC1CCCCC1. The molecule has 0 aromatic carbocycles. The van der Waals surface area contributed by atoms with E-state index in [1.165, 1.54) is 139 Å². The van der Waals surface area contributed by atoms with Gasteiger partial charge in [0.2, 0.25) is 0 Å². The molecule has 2 nitrogen and oxygen atoms in total. The van der Waals surface area contributed by atoms with Crippen molar-refractivity contribution in [3.8, 4) is 0 Å². The molecule has 0 amide bonds. The Bertz CT molecular complexity index is 1170. The van der Waals surface area contributed by atoms with Gasteiger partial charge in [0.05, 0.1) is 0 Å². The highest BCUT2D eigenvalue weighted by atomic mass is 14.9. The minimum atomic E-state index is 0.541. The van der Waals surface area contributed by atoms with Crippen molar-refractivity contribution in [3.05, 3.63) is 82.7 Å². The molecule has 4 aliphatic carbocycles. The van der Waals surface area contributed by atoms with Crippen LogP contribution in [0.15, 0.2) is 82.7 Å². The lowest BCUT2D eigenvalue weighted by molar-refractivity contribution is 0.0798. The summed E-state index contributed by atoms with van der Waals surface area (Å²) in [5, 5.41) is 3.82. The van der Waals surface area contributed by atoms with Gasteiger partial charge in [-0.2, -0.15) is 0 Å². The molecule has 0 aromatic heterocycles. The lowest BCUT2D eigenvalue weighted by atomic mass is 9.57. The summed E-state index contributed by atoms with van der Waals surface area (Å²) in [4.78, 5) is 0. The molecule has 0 bridgehead atoms. The Morgan fingerprint density at radius 2 is 1.69 bits per heavy atom. The topological polar surface area (TPSA) is 38.0 Å². The third-order valence-corrected chi connectivity index (χ3v) is 13.0. The van der Waals surface area contributed by atoms with Crippen molar-refractivity contribution in [2.24, 2.45) is 41.2 Å². The average molecular weight is 655 g/mol. The number of nitrogens with one attached hydrogen (secondary N) is 1. The van der Waals surface area contributed by atoms with E-state index in [1.54, 1.807) is 11.1 Å². The molecule has 5 unspecified atom stereocenters. The molecule has 3 N–H and O–H groups in total. The van der Waals surface area contributed by atoms with E-state index in [1.807, 2.05) is 11.6 Å². The quantitative estimate of drug-likeness (QED) is 0.0930. The highest BCUT2D eigenvalue weighted by Gasteiger charge is 2.42. The van der Waals surface area contributed by atoms with Crippen molar-refractivity contribution in [3.63, 3.8) is 0 Å². The van der Waals surface area contributed by atoms with E-state index in [0.29, 0.717) is 12.5 Å². The second-order valence-corrected chi connectivity index (χ2v) is 15.9. The van der Waals surface area contributed by atoms with Crippen molar-refractivity contribution in [1.29, 1.82) is 0 Å². The van der Waals surface area contributed by atoms with Gasteiger partial charge in [-0.05, 0) is 131 Å². The average Bonchev–Trinajstić information content (AvgIpc) is 3.13. The van der Waals surface area contributed by atoms with E-state index in [0.717, 1.165) is 42.6 Å². The van der Waals surface area contributed by atoms with Crippen LogP contribution in [-0.2, 0) is 0 Å². The third kappa shape index (κ3) is 11.2. The summed E-state index contributed by atoms with van der Waals surface area (Å²) < 4.78 is 0. The molecule has 4 aliphatic rings. The van der Waals surface area contributed by atoms with Crippen LogP contribution < -0.4 is 11.1 Å². The van der Waals surface area contributed by atoms with Gasteiger partial charge in [0.15, 0.2) is 0 Å². The van der Waals surface area contributed by atoms with Crippen LogP contribution in [0.3, 0.4) is 0 Å². The van der Waals surface area contributed by atoms with Gasteiger partial charge in [-0.15, -0.1) is 0 Å². The molecule has 2 heteroatoms. The maximum Gasteiger partial charge on any atom is 0.0400 e. The second kappa shape index (κ2) is 21.2. The van der Waals surface area contributed by atoms with E-state index in [9.17, 15) is 0 Å². The van der Waals surface area contributed by atoms with Crippen molar-refractivity contribution >= 4 is 0 Å². The van der Waals surface area contributed by atoms with Crippen LogP contribution in [0.4, 0.5) is 0 Å². The predicted octanol–water partition coefficient (Wildman–Crippen LogP) is 12.9. The van der Waals surface area contributed by atoms with Crippen molar-refractivity contribution < 1.29 is 0 Å². The monoisotopic (exact) mass is 655 g/mol. The molecule has 0 aromatic rings. The van der Waals surface area contributed by atoms with Crippen LogP contribution in [0.1, 0.15) is 156 Å². The van der Waals surface area contributed by atoms with Crippen LogP contribution in [0.25, 0.3) is 0 Å². The van der Waals surface area contributed by atoms with E-state index in [-0.39, 0.29) is 0 Å². The zero-order valence-corrected chi connectivity index (χ0v) is 31.8. The minimum absolute atomic E-state index is 0.541. The van der Waals surface area contributed by atoms with Crippen LogP contribution in [0.5, 0.6) is 0 Å². The molecule has 0 saturated heterocycles. The smallest absolute Gasteiger partial charge is 0.0400 e. The van der Waals surface area contributed by atoms with Crippen LogP contribution >= 0.6 is 0 Å². The number of unbranched alkanes of at least 4 members (excludes halogenated alkanes) is 2. The summed E-state index contributed by atoms with van der Waals surface area (Å²) in [6.07, 6.45) is 43.7. The molecular weight excluding hydrogens is 581 g/mol. The lowest BCUT2D eigenvalue weighted by Gasteiger charge is -2.48. The Morgan fingerprint density at radius 1 is 0.917 bits per heavy atom. The van der Waals surface area contributed by atoms with E-state index in [4.69, 9.17) is 5.73 Å². The first kappa shape index (κ1) is 38.7. The zero-order chi connectivity index (χ0) is 34.1. The summed E-state index contributed by atoms with van der Waals surface area (Å²) in [5.41, 5.74) is 15.4. The molecule has 4 rings (SSSR count). The number of hydrogen-bond donors (Lipinski definition) is 2. The predicted molar refractivity (Wildman–Crippen MR) is 212 cm³/mol. The Morgan fingerprint density at radius 3 is 2.35 bits per heavy atom. The van der Waals surface area contributed by atoms with Crippen molar-refractivity contribution in [1.82, 2.24) is 5.32 Å². The van der Waals surface area contributed by atoms with Gasteiger partial charge in [-0.1, -0.05) is 137 Å². The Balaban J connectivity index is 1.43. The maximum atomic E-state index is 6.31. The molecule has 0 heterocycles. The van der Waals surface area contributed by atoms with Crippen LogP contribution in [0, 0.1) is 35.5 Å². The van der Waals surface area contributed by atoms with Crippen molar-refractivity contribution in [2.75, 3.05) is 13.1 Å². The molecule has 0 aliphatic heterocycles. The normalized spacial score (nSPS) is 28.6. The number of rotatable bonds is 17. The van der Waals surface area contributed by atoms with Gasteiger partial charge >= 0.3 is 0 Å². The van der Waals surface area contributed by atoms with Crippen molar-refractivity contribution in [2.45, 2.75) is 156 Å². The van der Waals surface area contributed by atoms with Gasteiger partial charge in [0.1, 0.15) is 0 Å².